The van der Waals surface area contributed by atoms with Crippen molar-refractivity contribution in [1.29, 1.82) is 0 Å². The highest BCUT2D eigenvalue weighted by Gasteiger charge is 2.07. The van der Waals surface area contributed by atoms with Gasteiger partial charge >= 0.3 is 0 Å². The summed E-state index contributed by atoms with van der Waals surface area (Å²) in [7, 11) is 0. The van der Waals surface area contributed by atoms with Crippen LogP contribution in [0, 0.1) is 0 Å². The second kappa shape index (κ2) is 7.67. The molecule has 0 fully saturated rings. The maximum Gasteiger partial charge on any atom is 0.0705 e. The Morgan fingerprint density at radius 3 is 2.80 bits per heavy atom. The molecule has 0 saturated carbocycles. The van der Waals surface area contributed by atoms with Gasteiger partial charge in [0.15, 0.2) is 0 Å². The molecule has 0 amide bonds. The minimum atomic E-state index is 0.327. The van der Waals surface area contributed by atoms with Gasteiger partial charge in [0, 0.05) is 29.7 Å². The van der Waals surface area contributed by atoms with Crippen LogP contribution in [0.25, 0.3) is 10.9 Å². The van der Waals surface area contributed by atoms with Crippen molar-refractivity contribution in [2.45, 2.75) is 39.3 Å². The first-order valence-corrected chi connectivity index (χ1v) is 7.63. The Labute approximate surface area is 125 Å². The van der Waals surface area contributed by atoms with E-state index in [0.717, 1.165) is 54.2 Å². The van der Waals surface area contributed by atoms with E-state index in [9.17, 15) is 0 Å². The maximum absolute atomic E-state index is 6.36. The standard InChI is InChI=1S/C16H23ClN2O/c1-12(2)20-10-6-5-9-18-11-15-16(17)13-7-3-4-8-14(13)19-15/h3-4,7-8,12,18-19H,5-6,9-11H2,1-2H3. The fourth-order valence-corrected chi connectivity index (χ4v) is 2.45. The average molecular weight is 295 g/mol. The molecule has 1 aromatic carbocycles. The number of hydrogen-bond acceptors (Lipinski definition) is 2. The van der Waals surface area contributed by atoms with Crippen LogP contribution < -0.4 is 5.32 Å². The molecule has 0 aliphatic heterocycles. The number of unbranched alkanes of at least 4 members (excludes halogenated alkanes) is 1. The van der Waals surface area contributed by atoms with E-state index in [1.807, 2.05) is 24.3 Å². The van der Waals surface area contributed by atoms with Crippen molar-refractivity contribution in [3.63, 3.8) is 0 Å². The summed E-state index contributed by atoms with van der Waals surface area (Å²) in [6, 6.07) is 8.12. The van der Waals surface area contributed by atoms with Gasteiger partial charge in [0.2, 0.25) is 0 Å². The highest BCUT2D eigenvalue weighted by atomic mass is 35.5. The third-order valence-electron chi connectivity index (χ3n) is 3.21. The minimum Gasteiger partial charge on any atom is -0.379 e. The van der Waals surface area contributed by atoms with Gasteiger partial charge in [-0.2, -0.15) is 0 Å². The molecule has 2 N–H and O–H groups in total. The van der Waals surface area contributed by atoms with E-state index in [2.05, 4.69) is 24.1 Å². The number of benzene rings is 1. The largest absolute Gasteiger partial charge is 0.379 e. The van der Waals surface area contributed by atoms with E-state index in [0.29, 0.717) is 6.10 Å². The molecule has 0 aliphatic rings. The molecule has 0 bridgehead atoms. The van der Waals surface area contributed by atoms with Crippen molar-refractivity contribution in [3.8, 4) is 0 Å². The summed E-state index contributed by atoms with van der Waals surface area (Å²) in [4.78, 5) is 3.36. The zero-order chi connectivity index (χ0) is 14.4. The van der Waals surface area contributed by atoms with Gasteiger partial charge in [0.25, 0.3) is 0 Å². The van der Waals surface area contributed by atoms with Crippen LogP contribution in [-0.2, 0) is 11.3 Å². The highest BCUT2D eigenvalue weighted by molar-refractivity contribution is 6.36. The molecule has 2 rings (SSSR count). The second-order valence-corrected chi connectivity index (χ2v) is 5.64. The number of ether oxygens (including phenoxy) is 1. The van der Waals surface area contributed by atoms with Gasteiger partial charge in [-0.15, -0.1) is 0 Å². The molecule has 3 nitrogen and oxygen atoms in total. The molecule has 2 aromatic rings. The summed E-state index contributed by atoms with van der Waals surface area (Å²) < 4.78 is 5.51. The number of aromatic nitrogens is 1. The lowest BCUT2D eigenvalue weighted by atomic mass is 10.2. The van der Waals surface area contributed by atoms with Crippen LogP contribution in [0.1, 0.15) is 32.4 Å². The van der Waals surface area contributed by atoms with E-state index in [4.69, 9.17) is 16.3 Å². The minimum absolute atomic E-state index is 0.327. The maximum atomic E-state index is 6.36. The molecule has 0 spiro atoms. The predicted octanol–water partition coefficient (Wildman–Crippen LogP) is 4.12. The van der Waals surface area contributed by atoms with Gasteiger partial charge in [-0.1, -0.05) is 29.8 Å². The van der Waals surface area contributed by atoms with Gasteiger partial charge < -0.3 is 15.0 Å². The molecule has 20 heavy (non-hydrogen) atoms. The van der Waals surface area contributed by atoms with E-state index in [-0.39, 0.29) is 0 Å². The van der Waals surface area contributed by atoms with Crippen LogP contribution >= 0.6 is 11.6 Å². The fourth-order valence-electron chi connectivity index (χ4n) is 2.17. The summed E-state index contributed by atoms with van der Waals surface area (Å²) in [6.07, 6.45) is 2.53. The summed E-state index contributed by atoms with van der Waals surface area (Å²) in [6.45, 7) is 6.73. The number of H-pyrrole nitrogens is 1. The molecule has 0 aliphatic carbocycles. The van der Waals surface area contributed by atoms with Crippen LogP contribution in [0.4, 0.5) is 0 Å². The molecule has 0 atom stereocenters. The third kappa shape index (κ3) is 4.23. The van der Waals surface area contributed by atoms with E-state index >= 15 is 0 Å². The fraction of sp³-hybridized carbons (Fsp3) is 0.500. The van der Waals surface area contributed by atoms with Crippen molar-refractivity contribution in [1.82, 2.24) is 10.3 Å². The number of hydrogen-bond donors (Lipinski definition) is 2. The van der Waals surface area contributed by atoms with Crippen LogP contribution in [-0.4, -0.2) is 24.2 Å². The van der Waals surface area contributed by atoms with Gasteiger partial charge in [-0.3, -0.25) is 0 Å². The monoisotopic (exact) mass is 294 g/mol. The van der Waals surface area contributed by atoms with E-state index in [1.165, 1.54) is 0 Å². The Balaban J connectivity index is 1.72. The topological polar surface area (TPSA) is 37.0 Å². The summed E-state index contributed by atoms with van der Waals surface area (Å²) >= 11 is 6.36. The van der Waals surface area contributed by atoms with Crippen molar-refractivity contribution in [2.24, 2.45) is 0 Å². The first-order chi connectivity index (χ1) is 9.68. The molecule has 1 aromatic heterocycles. The van der Waals surface area contributed by atoms with Gasteiger partial charge in [-0.05, 0) is 39.3 Å². The summed E-state index contributed by atoms with van der Waals surface area (Å²) in [5.41, 5.74) is 2.16. The van der Waals surface area contributed by atoms with Crippen molar-refractivity contribution in [3.05, 3.63) is 35.0 Å². The van der Waals surface area contributed by atoms with Gasteiger partial charge in [0.1, 0.15) is 0 Å². The Kier molecular flexibility index (Phi) is 5.89. The number of halogens is 1. The first kappa shape index (κ1) is 15.4. The molecular formula is C16H23ClN2O. The van der Waals surface area contributed by atoms with Gasteiger partial charge in [0.05, 0.1) is 11.1 Å². The van der Waals surface area contributed by atoms with Crippen LogP contribution in [0.3, 0.4) is 0 Å². The first-order valence-electron chi connectivity index (χ1n) is 7.26. The second-order valence-electron chi connectivity index (χ2n) is 5.27. The number of fused-ring (bicyclic) bond motifs is 1. The molecule has 110 valence electrons. The molecule has 0 radical (unpaired) electrons. The Hall–Kier alpha value is -1.03. The molecule has 0 saturated heterocycles. The van der Waals surface area contributed by atoms with Crippen LogP contribution in [0.15, 0.2) is 24.3 Å². The smallest absolute Gasteiger partial charge is 0.0705 e. The average Bonchev–Trinajstić information content (AvgIpc) is 2.75. The van der Waals surface area contributed by atoms with E-state index < -0.39 is 0 Å². The highest BCUT2D eigenvalue weighted by Crippen LogP contribution is 2.26. The molecule has 1 heterocycles. The third-order valence-corrected chi connectivity index (χ3v) is 3.65. The lowest BCUT2D eigenvalue weighted by Crippen LogP contribution is -2.16. The van der Waals surface area contributed by atoms with Crippen molar-refractivity contribution in [2.75, 3.05) is 13.2 Å². The number of nitrogens with one attached hydrogen (secondary N) is 2. The van der Waals surface area contributed by atoms with Crippen molar-refractivity contribution < 1.29 is 4.74 Å². The number of aromatic amines is 1. The Morgan fingerprint density at radius 2 is 2.05 bits per heavy atom. The van der Waals surface area contributed by atoms with Crippen LogP contribution in [0.5, 0.6) is 0 Å². The number of rotatable bonds is 8. The van der Waals surface area contributed by atoms with Crippen molar-refractivity contribution >= 4 is 22.5 Å². The van der Waals surface area contributed by atoms with Crippen LogP contribution in [0.2, 0.25) is 5.02 Å². The summed E-state index contributed by atoms with van der Waals surface area (Å²) in [5, 5.41) is 5.34. The molecule has 4 heteroatoms. The molecular weight excluding hydrogens is 272 g/mol. The zero-order valence-corrected chi connectivity index (χ0v) is 13.0. The lowest BCUT2D eigenvalue weighted by Gasteiger charge is -2.07. The summed E-state index contributed by atoms with van der Waals surface area (Å²) in [5.74, 6) is 0. The normalized spacial score (nSPS) is 11.6. The lowest BCUT2D eigenvalue weighted by molar-refractivity contribution is 0.0760. The van der Waals surface area contributed by atoms with Gasteiger partial charge in [-0.25, -0.2) is 0 Å². The zero-order valence-electron chi connectivity index (χ0n) is 12.2. The molecule has 0 unspecified atom stereocenters. The predicted molar refractivity (Wildman–Crippen MR) is 85.3 cm³/mol. The SMILES string of the molecule is CC(C)OCCCCNCc1[nH]c2ccccc2c1Cl. The quantitative estimate of drug-likeness (QED) is 0.719. The van der Waals surface area contributed by atoms with E-state index in [1.54, 1.807) is 0 Å². The number of para-hydroxylation sites is 1. The Morgan fingerprint density at radius 1 is 1.25 bits per heavy atom. The Bertz CT molecular complexity index is 536.